The highest BCUT2D eigenvalue weighted by Gasteiger charge is 2.44. The summed E-state index contributed by atoms with van der Waals surface area (Å²) in [6, 6.07) is 0.259. The summed E-state index contributed by atoms with van der Waals surface area (Å²) in [5.41, 5.74) is 1.15. The number of hydrogen-bond acceptors (Lipinski definition) is 4. The third-order valence-electron chi connectivity index (χ3n) is 7.89. The van der Waals surface area contributed by atoms with Gasteiger partial charge in [0.25, 0.3) is 0 Å². The zero-order valence-corrected chi connectivity index (χ0v) is 17.8. The molecular weight excluding hydrogens is 364 g/mol. The van der Waals surface area contributed by atoms with Gasteiger partial charge in [0.15, 0.2) is 0 Å². The Morgan fingerprint density at radius 1 is 1.07 bits per heavy atom. The lowest BCUT2D eigenvalue weighted by molar-refractivity contribution is -0.128. The molecule has 6 nitrogen and oxygen atoms in total. The fraction of sp³-hybridized carbons (Fsp3) is 0.870. The molecule has 1 aliphatic heterocycles. The maximum absolute atomic E-state index is 11.9. The van der Waals surface area contributed by atoms with Gasteiger partial charge >= 0.3 is 0 Å². The molecule has 5 rings (SSSR count). The van der Waals surface area contributed by atoms with Crippen LogP contribution in [0.4, 0.5) is 0 Å². The van der Waals surface area contributed by atoms with E-state index in [0.29, 0.717) is 11.8 Å². The van der Waals surface area contributed by atoms with Gasteiger partial charge in [-0.05, 0) is 55.8 Å². The number of rotatable bonds is 6. The van der Waals surface area contributed by atoms with Crippen LogP contribution in [0, 0.1) is 23.7 Å². The van der Waals surface area contributed by atoms with Crippen molar-refractivity contribution in [2.24, 2.45) is 23.7 Å². The first-order valence-electron chi connectivity index (χ1n) is 11.9. The van der Waals surface area contributed by atoms with Crippen molar-refractivity contribution < 1.29 is 9.53 Å². The van der Waals surface area contributed by atoms with E-state index in [1.165, 1.54) is 44.9 Å². The first-order valence-corrected chi connectivity index (χ1v) is 11.9. The summed E-state index contributed by atoms with van der Waals surface area (Å²) in [6.07, 6.45) is 15.0. The van der Waals surface area contributed by atoms with Gasteiger partial charge in [0.1, 0.15) is 0 Å². The van der Waals surface area contributed by atoms with E-state index in [4.69, 9.17) is 4.74 Å². The standard InChI is InChI=1S/C23H36N4O2/c1-16(28)26-12-19-10-22(23(11-20(19)13-26)29-15-18-7-8-18)27-14-21(24-25-27)9-17-5-3-2-4-6-17/h14,17-20,22-23H,2-13,15H2,1H3/t19-,20+,22-,23-/m1/s1. The lowest BCUT2D eigenvalue weighted by atomic mass is 9.77. The number of carbonyl (C=O) groups is 1. The Bertz CT molecular complexity index is 709. The van der Waals surface area contributed by atoms with Crippen molar-refractivity contribution in [2.45, 2.75) is 83.3 Å². The number of amides is 1. The van der Waals surface area contributed by atoms with E-state index in [1.807, 2.05) is 4.90 Å². The molecule has 0 bridgehead atoms. The first-order chi connectivity index (χ1) is 14.2. The van der Waals surface area contributed by atoms with Crippen LogP contribution in [0.5, 0.6) is 0 Å². The number of carbonyl (C=O) groups excluding carboxylic acids is 1. The quantitative estimate of drug-likeness (QED) is 0.732. The Balaban J connectivity index is 1.28. The topological polar surface area (TPSA) is 60.2 Å². The van der Waals surface area contributed by atoms with Gasteiger partial charge in [0.05, 0.1) is 17.8 Å². The first kappa shape index (κ1) is 19.5. The molecule has 4 fully saturated rings. The largest absolute Gasteiger partial charge is 0.376 e. The number of ether oxygens (including phenoxy) is 1. The molecule has 1 saturated heterocycles. The molecule has 0 radical (unpaired) electrons. The molecule has 3 saturated carbocycles. The van der Waals surface area contributed by atoms with Crippen molar-refractivity contribution >= 4 is 5.91 Å². The molecule has 4 atom stereocenters. The molecule has 0 N–H and O–H groups in total. The highest BCUT2D eigenvalue weighted by atomic mass is 16.5. The van der Waals surface area contributed by atoms with E-state index in [0.717, 1.165) is 56.5 Å². The van der Waals surface area contributed by atoms with Crippen molar-refractivity contribution in [1.82, 2.24) is 19.9 Å². The average Bonchev–Trinajstić information content (AvgIpc) is 3.27. The van der Waals surface area contributed by atoms with Gasteiger partial charge in [-0.1, -0.05) is 37.3 Å². The summed E-state index contributed by atoms with van der Waals surface area (Å²) in [7, 11) is 0. The van der Waals surface area contributed by atoms with Gasteiger partial charge in [-0.3, -0.25) is 4.79 Å². The third kappa shape index (κ3) is 4.52. The SMILES string of the molecule is CC(=O)N1C[C@H]2C[C@@H](n3cc(CC4CCCCC4)nn3)[C@H](OCC3CC3)C[C@H]2C1. The number of nitrogens with zero attached hydrogens (tertiary/aromatic N) is 4. The number of hydrogen-bond donors (Lipinski definition) is 0. The Hall–Kier alpha value is -1.43. The van der Waals surface area contributed by atoms with Crippen LogP contribution in [0.15, 0.2) is 6.20 Å². The minimum absolute atomic E-state index is 0.202. The fourth-order valence-corrected chi connectivity index (χ4v) is 5.91. The maximum atomic E-state index is 11.9. The summed E-state index contributed by atoms with van der Waals surface area (Å²) < 4.78 is 8.56. The molecular formula is C23H36N4O2. The third-order valence-corrected chi connectivity index (χ3v) is 7.89. The van der Waals surface area contributed by atoms with Crippen LogP contribution in [0.1, 0.15) is 76.4 Å². The highest BCUT2D eigenvalue weighted by molar-refractivity contribution is 5.73. The molecule has 2 heterocycles. The van der Waals surface area contributed by atoms with Crippen LogP contribution in [0.25, 0.3) is 0 Å². The lowest BCUT2D eigenvalue weighted by Crippen LogP contribution is -2.38. The van der Waals surface area contributed by atoms with Crippen LogP contribution >= 0.6 is 0 Å². The molecule has 0 unspecified atom stereocenters. The predicted octanol–water partition coefficient (Wildman–Crippen LogP) is 3.63. The Labute approximate surface area is 174 Å². The van der Waals surface area contributed by atoms with Gasteiger partial charge in [-0.15, -0.1) is 5.10 Å². The minimum Gasteiger partial charge on any atom is -0.376 e. The second-order valence-corrected chi connectivity index (χ2v) is 10.2. The maximum Gasteiger partial charge on any atom is 0.219 e. The van der Waals surface area contributed by atoms with Gasteiger partial charge in [0, 0.05) is 32.8 Å². The van der Waals surface area contributed by atoms with Crippen molar-refractivity contribution in [3.05, 3.63) is 11.9 Å². The van der Waals surface area contributed by atoms with E-state index >= 15 is 0 Å². The highest BCUT2D eigenvalue weighted by Crippen LogP contribution is 2.43. The van der Waals surface area contributed by atoms with Crippen LogP contribution < -0.4 is 0 Å². The zero-order chi connectivity index (χ0) is 19.8. The molecule has 1 amide bonds. The number of aromatic nitrogens is 3. The van der Waals surface area contributed by atoms with Crippen LogP contribution in [-0.2, 0) is 16.0 Å². The second kappa shape index (κ2) is 8.37. The molecule has 1 aromatic rings. The van der Waals surface area contributed by atoms with Crippen LogP contribution in [0.2, 0.25) is 0 Å². The van der Waals surface area contributed by atoms with E-state index < -0.39 is 0 Å². The predicted molar refractivity (Wildman–Crippen MR) is 110 cm³/mol. The molecule has 29 heavy (non-hydrogen) atoms. The van der Waals surface area contributed by atoms with Crippen molar-refractivity contribution in [3.8, 4) is 0 Å². The Kier molecular flexibility index (Phi) is 5.63. The Morgan fingerprint density at radius 2 is 1.83 bits per heavy atom. The van der Waals surface area contributed by atoms with Gasteiger partial charge in [-0.25, -0.2) is 4.68 Å². The fourth-order valence-electron chi connectivity index (χ4n) is 5.91. The van der Waals surface area contributed by atoms with E-state index in [2.05, 4.69) is 21.2 Å². The lowest BCUT2D eigenvalue weighted by Gasteiger charge is -2.37. The summed E-state index contributed by atoms with van der Waals surface area (Å²) >= 11 is 0. The second-order valence-electron chi connectivity index (χ2n) is 10.2. The summed E-state index contributed by atoms with van der Waals surface area (Å²) in [5.74, 6) is 2.90. The summed E-state index contributed by atoms with van der Waals surface area (Å²) in [5, 5.41) is 9.12. The normalized spacial score (nSPS) is 33.1. The number of likely N-dealkylation sites (tertiary alicyclic amines) is 1. The van der Waals surface area contributed by atoms with Crippen molar-refractivity contribution in [3.63, 3.8) is 0 Å². The summed E-state index contributed by atoms with van der Waals surface area (Å²) in [6.45, 7) is 4.39. The molecule has 6 heteroatoms. The van der Waals surface area contributed by atoms with Crippen LogP contribution in [-0.4, -0.2) is 51.6 Å². The van der Waals surface area contributed by atoms with Gasteiger partial charge in [0.2, 0.25) is 5.91 Å². The van der Waals surface area contributed by atoms with Crippen molar-refractivity contribution in [1.29, 1.82) is 0 Å². The van der Waals surface area contributed by atoms with Crippen LogP contribution in [0.3, 0.4) is 0 Å². The minimum atomic E-state index is 0.202. The Morgan fingerprint density at radius 3 is 2.55 bits per heavy atom. The molecule has 3 aliphatic carbocycles. The van der Waals surface area contributed by atoms with E-state index in [-0.39, 0.29) is 18.1 Å². The van der Waals surface area contributed by atoms with Gasteiger partial charge < -0.3 is 9.64 Å². The smallest absolute Gasteiger partial charge is 0.219 e. The van der Waals surface area contributed by atoms with E-state index in [1.54, 1.807) is 6.92 Å². The summed E-state index contributed by atoms with van der Waals surface area (Å²) in [4.78, 5) is 13.9. The monoisotopic (exact) mass is 400 g/mol. The molecule has 0 spiro atoms. The van der Waals surface area contributed by atoms with E-state index in [9.17, 15) is 4.79 Å². The van der Waals surface area contributed by atoms with Crippen molar-refractivity contribution in [2.75, 3.05) is 19.7 Å². The molecule has 0 aromatic carbocycles. The molecule has 160 valence electrons. The molecule has 4 aliphatic rings. The van der Waals surface area contributed by atoms with Gasteiger partial charge in [-0.2, -0.15) is 0 Å². The zero-order valence-electron chi connectivity index (χ0n) is 17.8. The number of fused-ring (bicyclic) bond motifs is 1. The average molecular weight is 401 g/mol. The molecule has 1 aromatic heterocycles.